The van der Waals surface area contributed by atoms with Crippen LogP contribution in [-0.4, -0.2) is 27.5 Å². The largest absolute Gasteiger partial charge is 0.317 e. The van der Waals surface area contributed by atoms with Crippen molar-refractivity contribution in [2.45, 2.75) is 32.9 Å². The van der Waals surface area contributed by atoms with Gasteiger partial charge in [-0.2, -0.15) is 0 Å². The van der Waals surface area contributed by atoms with Crippen LogP contribution >= 0.6 is 0 Å². The fourth-order valence-electron chi connectivity index (χ4n) is 2.60. The van der Waals surface area contributed by atoms with E-state index >= 15 is 0 Å². The molecule has 17 heavy (non-hydrogen) atoms. The van der Waals surface area contributed by atoms with Crippen LogP contribution in [0.1, 0.15) is 24.8 Å². The molecule has 2 aromatic rings. The predicted octanol–water partition coefficient (Wildman–Crippen LogP) is 2.79. The number of rotatable bonds is 2. The lowest BCUT2D eigenvalue weighted by Gasteiger charge is -2.26. The highest BCUT2D eigenvalue weighted by atomic mass is 15.3. The first-order valence-electron chi connectivity index (χ1n) is 6.47. The average molecular weight is 229 g/mol. The van der Waals surface area contributed by atoms with Crippen molar-refractivity contribution in [2.75, 3.05) is 13.1 Å². The molecule has 0 radical (unpaired) electrons. The molecule has 1 fully saturated rings. The average Bonchev–Trinajstić information content (AvgIpc) is 2.73. The molecule has 1 aromatic carbocycles. The van der Waals surface area contributed by atoms with Gasteiger partial charge in [-0.25, -0.2) is 4.98 Å². The van der Waals surface area contributed by atoms with E-state index in [9.17, 15) is 0 Å². The molecule has 0 atom stereocenters. The Hall–Kier alpha value is -1.35. The zero-order chi connectivity index (χ0) is 11.7. The van der Waals surface area contributed by atoms with Gasteiger partial charge in [0.05, 0.1) is 24.0 Å². The number of nitrogens with zero attached hydrogens (tertiary/aromatic N) is 3. The van der Waals surface area contributed by atoms with Crippen molar-refractivity contribution in [3.05, 3.63) is 30.1 Å². The molecule has 90 valence electrons. The van der Waals surface area contributed by atoms with Crippen molar-refractivity contribution in [1.82, 2.24) is 14.5 Å². The lowest BCUT2D eigenvalue weighted by atomic mass is 10.1. The van der Waals surface area contributed by atoms with Crippen molar-refractivity contribution >= 4 is 11.0 Å². The van der Waals surface area contributed by atoms with Gasteiger partial charge in [0, 0.05) is 0 Å². The van der Waals surface area contributed by atoms with Crippen LogP contribution in [0.3, 0.4) is 0 Å². The third-order valence-electron chi connectivity index (χ3n) is 3.58. The van der Waals surface area contributed by atoms with E-state index in [0.717, 1.165) is 12.2 Å². The maximum absolute atomic E-state index is 4.46. The Kier molecular flexibility index (Phi) is 2.85. The normalized spacial score (nSPS) is 17.7. The first-order valence-corrected chi connectivity index (χ1v) is 6.47. The molecule has 0 aliphatic carbocycles. The Labute approximate surface area is 102 Å². The fourth-order valence-corrected chi connectivity index (χ4v) is 2.60. The van der Waals surface area contributed by atoms with E-state index < -0.39 is 0 Å². The highest BCUT2D eigenvalue weighted by Crippen LogP contribution is 2.16. The Morgan fingerprint density at radius 1 is 1.18 bits per heavy atom. The second kappa shape index (κ2) is 4.49. The summed E-state index contributed by atoms with van der Waals surface area (Å²) in [5.41, 5.74) is 3.67. The minimum absolute atomic E-state index is 0.986. The maximum Gasteiger partial charge on any atom is 0.0969 e. The Bertz CT molecular complexity index is 509. The highest BCUT2D eigenvalue weighted by Gasteiger charge is 2.11. The molecule has 1 saturated heterocycles. The summed E-state index contributed by atoms with van der Waals surface area (Å²) in [4.78, 5) is 6.98. The van der Waals surface area contributed by atoms with Gasteiger partial charge in [0.25, 0.3) is 0 Å². The predicted molar refractivity (Wildman–Crippen MR) is 69.9 cm³/mol. The topological polar surface area (TPSA) is 21.1 Å². The molecular formula is C14H19N3. The summed E-state index contributed by atoms with van der Waals surface area (Å²) < 4.78 is 2.27. The number of fused-ring (bicyclic) bond motifs is 1. The van der Waals surface area contributed by atoms with Crippen LogP contribution in [0.2, 0.25) is 0 Å². The molecule has 0 unspecified atom stereocenters. The monoisotopic (exact) mass is 229 g/mol. The molecular weight excluding hydrogens is 210 g/mol. The van der Waals surface area contributed by atoms with E-state index in [4.69, 9.17) is 0 Å². The molecule has 0 bridgehead atoms. The summed E-state index contributed by atoms with van der Waals surface area (Å²) in [6, 6.07) is 6.46. The van der Waals surface area contributed by atoms with Gasteiger partial charge in [0.15, 0.2) is 0 Å². The van der Waals surface area contributed by atoms with E-state index in [-0.39, 0.29) is 0 Å². The quantitative estimate of drug-likeness (QED) is 0.789. The summed E-state index contributed by atoms with van der Waals surface area (Å²) in [5, 5.41) is 0. The van der Waals surface area contributed by atoms with E-state index in [1.807, 2.05) is 6.33 Å². The second-order valence-corrected chi connectivity index (χ2v) is 5.03. The lowest BCUT2D eigenvalue weighted by Crippen LogP contribution is -2.31. The zero-order valence-corrected chi connectivity index (χ0v) is 10.4. The van der Waals surface area contributed by atoms with Crippen molar-refractivity contribution < 1.29 is 0 Å². The second-order valence-electron chi connectivity index (χ2n) is 5.03. The molecule has 1 aliphatic heterocycles. The highest BCUT2D eigenvalue weighted by molar-refractivity contribution is 5.75. The minimum atomic E-state index is 0.986. The number of aryl methyl sites for hydroxylation is 1. The molecule has 0 saturated carbocycles. The molecule has 2 heterocycles. The number of aromatic nitrogens is 2. The fraction of sp³-hybridized carbons (Fsp3) is 0.500. The zero-order valence-electron chi connectivity index (χ0n) is 10.4. The lowest BCUT2D eigenvalue weighted by molar-refractivity contribution is 0.185. The van der Waals surface area contributed by atoms with Gasteiger partial charge in [-0.05, 0) is 50.6 Å². The molecule has 0 spiro atoms. The third-order valence-corrected chi connectivity index (χ3v) is 3.58. The van der Waals surface area contributed by atoms with Crippen molar-refractivity contribution in [1.29, 1.82) is 0 Å². The first kappa shape index (κ1) is 10.8. The molecule has 3 rings (SSSR count). The SMILES string of the molecule is Cc1ccc2ncn(CN3CCCCC3)c2c1. The van der Waals surface area contributed by atoms with E-state index in [1.165, 1.54) is 43.4 Å². The minimum Gasteiger partial charge on any atom is -0.317 e. The van der Waals surface area contributed by atoms with Gasteiger partial charge in [0.2, 0.25) is 0 Å². The summed E-state index contributed by atoms with van der Waals surface area (Å²) in [6.45, 7) is 5.58. The van der Waals surface area contributed by atoms with Crippen molar-refractivity contribution in [3.63, 3.8) is 0 Å². The van der Waals surface area contributed by atoms with E-state index in [2.05, 4.69) is 39.6 Å². The van der Waals surface area contributed by atoms with Crippen molar-refractivity contribution in [2.24, 2.45) is 0 Å². The van der Waals surface area contributed by atoms with E-state index in [0.29, 0.717) is 0 Å². The molecule has 0 amide bonds. The standard InChI is InChI=1S/C14H19N3/c1-12-5-6-13-14(9-12)17(10-15-13)11-16-7-3-2-4-8-16/h5-6,9-10H,2-4,7-8,11H2,1H3. The summed E-state index contributed by atoms with van der Waals surface area (Å²) in [5.74, 6) is 0. The van der Waals surface area contributed by atoms with Crippen LogP contribution in [0, 0.1) is 6.92 Å². The number of piperidine rings is 1. The number of hydrogen-bond acceptors (Lipinski definition) is 2. The smallest absolute Gasteiger partial charge is 0.0969 e. The van der Waals surface area contributed by atoms with Gasteiger partial charge in [0.1, 0.15) is 0 Å². The molecule has 3 heteroatoms. The van der Waals surface area contributed by atoms with Crippen LogP contribution in [0.5, 0.6) is 0 Å². The number of imidazole rings is 1. The number of benzene rings is 1. The number of hydrogen-bond donors (Lipinski definition) is 0. The molecule has 1 aromatic heterocycles. The van der Waals surface area contributed by atoms with Crippen LogP contribution in [-0.2, 0) is 6.67 Å². The van der Waals surface area contributed by atoms with E-state index in [1.54, 1.807) is 0 Å². The number of likely N-dealkylation sites (tertiary alicyclic amines) is 1. The molecule has 1 aliphatic rings. The van der Waals surface area contributed by atoms with Gasteiger partial charge in [-0.15, -0.1) is 0 Å². The molecule has 0 N–H and O–H groups in total. The summed E-state index contributed by atoms with van der Waals surface area (Å²) >= 11 is 0. The van der Waals surface area contributed by atoms with Crippen molar-refractivity contribution in [3.8, 4) is 0 Å². The Morgan fingerprint density at radius 3 is 2.82 bits per heavy atom. The summed E-state index contributed by atoms with van der Waals surface area (Å²) in [6.07, 6.45) is 6.04. The van der Waals surface area contributed by atoms with Gasteiger partial charge >= 0.3 is 0 Å². The van der Waals surface area contributed by atoms with Gasteiger partial charge < -0.3 is 4.57 Å². The van der Waals surface area contributed by atoms with Crippen LogP contribution < -0.4 is 0 Å². The summed E-state index contributed by atoms with van der Waals surface area (Å²) in [7, 11) is 0. The maximum atomic E-state index is 4.46. The van der Waals surface area contributed by atoms with Gasteiger partial charge in [-0.1, -0.05) is 12.5 Å². The first-order chi connectivity index (χ1) is 8.33. The van der Waals surface area contributed by atoms with Crippen LogP contribution in [0.25, 0.3) is 11.0 Å². The van der Waals surface area contributed by atoms with Crippen LogP contribution in [0.4, 0.5) is 0 Å². The van der Waals surface area contributed by atoms with Gasteiger partial charge in [-0.3, -0.25) is 4.90 Å². The molecule has 3 nitrogen and oxygen atoms in total. The van der Waals surface area contributed by atoms with Crippen LogP contribution in [0.15, 0.2) is 24.5 Å². The Balaban J connectivity index is 1.86. The Morgan fingerprint density at radius 2 is 2.00 bits per heavy atom. The third kappa shape index (κ3) is 2.20.